The number of amides is 2. The summed E-state index contributed by atoms with van der Waals surface area (Å²) in [6, 6.07) is 14.6. The lowest BCUT2D eigenvalue weighted by molar-refractivity contribution is -0.121. The normalized spacial score (nSPS) is 15.8. The number of carbonyl (C=O) groups is 2. The van der Waals surface area contributed by atoms with Crippen molar-refractivity contribution in [2.75, 3.05) is 5.32 Å². The maximum atomic E-state index is 13.3. The number of sulfonamides is 1. The summed E-state index contributed by atoms with van der Waals surface area (Å²) in [5.74, 6) is -0.675. The van der Waals surface area contributed by atoms with Crippen molar-refractivity contribution in [2.45, 2.75) is 37.2 Å². The van der Waals surface area contributed by atoms with Crippen LogP contribution in [0.25, 0.3) is 0 Å². The second-order valence-corrected chi connectivity index (χ2v) is 9.14. The molecule has 0 spiro atoms. The molecule has 1 aliphatic rings. The lowest BCUT2D eigenvalue weighted by atomic mass is 9.93. The number of anilines is 1. The van der Waals surface area contributed by atoms with E-state index in [0.29, 0.717) is 24.1 Å². The van der Waals surface area contributed by atoms with Crippen LogP contribution in [0.5, 0.6) is 0 Å². The molecule has 2 aromatic carbocycles. The minimum Gasteiger partial charge on any atom is -0.459 e. The first kappa shape index (κ1) is 21.8. The molecule has 1 aliphatic heterocycles. The van der Waals surface area contributed by atoms with Gasteiger partial charge in [0.15, 0.2) is 5.76 Å². The molecule has 0 radical (unpaired) electrons. The fourth-order valence-corrected chi connectivity index (χ4v) is 4.80. The molecule has 4 rings (SSSR count). The molecule has 1 atom stereocenters. The van der Waals surface area contributed by atoms with Gasteiger partial charge in [-0.2, -0.15) is 0 Å². The zero-order valence-corrected chi connectivity index (χ0v) is 18.3. The third kappa shape index (κ3) is 4.30. The number of benzene rings is 2. The fourth-order valence-electron chi connectivity index (χ4n) is 3.93. The van der Waals surface area contributed by atoms with Crippen LogP contribution >= 0.6 is 0 Å². The predicted molar refractivity (Wildman–Crippen MR) is 118 cm³/mol. The SMILES string of the molecule is CCc1ccc(NC(=O)C2Cc3ccccc3CN2C(=O)c2ccco2)cc1S(N)(=O)=O. The standard InChI is InChI=1S/C23H23N3O5S/c1-2-15-9-10-18(13-21(15)32(24,29)30)25-22(27)19-12-16-6-3-4-7-17(16)14-26(19)23(28)20-8-5-11-31-20/h3-11,13,19H,2,12,14H2,1H3,(H,25,27)(H2,24,29,30). The predicted octanol–water partition coefficient (Wildman–Crippen LogP) is 2.70. The highest BCUT2D eigenvalue weighted by molar-refractivity contribution is 7.89. The summed E-state index contributed by atoms with van der Waals surface area (Å²) >= 11 is 0. The molecule has 0 bridgehead atoms. The average Bonchev–Trinajstić information content (AvgIpc) is 3.32. The van der Waals surface area contributed by atoms with Crippen LogP contribution in [0.3, 0.4) is 0 Å². The molecule has 3 N–H and O–H groups in total. The monoisotopic (exact) mass is 453 g/mol. The van der Waals surface area contributed by atoms with Crippen molar-refractivity contribution >= 4 is 27.5 Å². The minimum atomic E-state index is -3.95. The van der Waals surface area contributed by atoms with Gasteiger partial charge in [-0.1, -0.05) is 37.3 Å². The van der Waals surface area contributed by atoms with E-state index in [1.54, 1.807) is 24.3 Å². The summed E-state index contributed by atoms with van der Waals surface area (Å²) in [7, 11) is -3.95. The Bertz CT molecular complexity index is 1270. The number of hydrogen-bond acceptors (Lipinski definition) is 5. The van der Waals surface area contributed by atoms with Crippen molar-refractivity contribution in [2.24, 2.45) is 5.14 Å². The summed E-state index contributed by atoms with van der Waals surface area (Å²) < 4.78 is 29.2. The molecular formula is C23H23N3O5S. The Morgan fingerprint density at radius 2 is 1.88 bits per heavy atom. The molecule has 32 heavy (non-hydrogen) atoms. The number of nitrogens with two attached hydrogens (primary N) is 1. The van der Waals surface area contributed by atoms with Gasteiger partial charge in [0.25, 0.3) is 5.91 Å². The maximum absolute atomic E-state index is 13.3. The molecule has 2 amide bonds. The van der Waals surface area contributed by atoms with Crippen LogP contribution in [-0.4, -0.2) is 31.2 Å². The van der Waals surface area contributed by atoms with Crippen molar-refractivity contribution in [3.05, 3.63) is 83.3 Å². The molecule has 0 aliphatic carbocycles. The van der Waals surface area contributed by atoms with Crippen molar-refractivity contribution in [1.29, 1.82) is 0 Å². The third-order valence-corrected chi connectivity index (χ3v) is 6.56. The van der Waals surface area contributed by atoms with Crippen LogP contribution in [0.4, 0.5) is 5.69 Å². The van der Waals surface area contributed by atoms with Gasteiger partial charge in [0, 0.05) is 18.7 Å². The van der Waals surface area contributed by atoms with Gasteiger partial charge in [-0.05, 0) is 47.4 Å². The number of nitrogens with one attached hydrogen (secondary N) is 1. The van der Waals surface area contributed by atoms with E-state index in [9.17, 15) is 18.0 Å². The Hall–Kier alpha value is -3.43. The van der Waals surface area contributed by atoms with Crippen molar-refractivity contribution < 1.29 is 22.4 Å². The van der Waals surface area contributed by atoms with E-state index in [1.165, 1.54) is 17.2 Å². The summed E-state index contributed by atoms with van der Waals surface area (Å²) in [5.41, 5.74) is 2.79. The first-order chi connectivity index (χ1) is 15.3. The van der Waals surface area contributed by atoms with E-state index in [2.05, 4.69) is 5.32 Å². The molecule has 2 heterocycles. The van der Waals surface area contributed by atoms with Gasteiger partial charge in [-0.3, -0.25) is 9.59 Å². The molecule has 0 saturated heterocycles. The zero-order valence-electron chi connectivity index (χ0n) is 17.4. The summed E-state index contributed by atoms with van der Waals surface area (Å²) in [6.07, 6.45) is 2.21. The molecule has 8 nitrogen and oxygen atoms in total. The van der Waals surface area contributed by atoms with Crippen LogP contribution in [-0.2, 0) is 34.2 Å². The van der Waals surface area contributed by atoms with E-state index < -0.39 is 27.9 Å². The van der Waals surface area contributed by atoms with Crippen LogP contribution in [0.1, 0.15) is 34.2 Å². The highest BCUT2D eigenvalue weighted by atomic mass is 32.2. The van der Waals surface area contributed by atoms with Gasteiger partial charge < -0.3 is 14.6 Å². The number of furan rings is 1. The average molecular weight is 454 g/mol. The molecular weight excluding hydrogens is 430 g/mol. The lowest BCUT2D eigenvalue weighted by Crippen LogP contribution is -2.50. The van der Waals surface area contributed by atoms with Crippen LogP contribution in [0, 0.1) is 0 Å². The van der Waals surface area contributed by atoms with Crippen molar-refractivity contribution in [3.8, 4) is 0 Å². The van der Waals surface area contributed by atoms with Crippen molar-refractivity contribution in [3.63, 3.8) is 0 Å². The molecule has 3 aromatic rings. The largest absolute Gasteiger partial charge is 0.459 e. The molecule has 0 fully saturated rings. The summed E-state index contributed by atoms with van der Waals surface area (Å²) in [6.45, 7) is 2.07. The molecule has 9 heteroatoms. The van der Waals surface area contributed by atoms with Gasteiger partial charge in [0.05, 0.1) is 11.2 Å². The zero-order chi connectivity index (χ0) is 22.9. The second kappa shape index (κ2) is 8.60. The van der Waals surface area contributed by atoms with Gasteiger partial charge in [0.2, 0.25) is 15.9 Å². The van der Waals surface area contributed by atoms with Crippen LogP contribution < -0.4 is 10.5 Å². The number of carbonyl (C=O) groups excluding carboxylic acids is 2. The number of primary sulfonamides is 1. The molecule has 1 unspecified atom stereocenters. The van der Waals surface area contributed by atoms with Gasteiger partial charge in [-0.15, -0.1) is 0 Å². The van der Waals surface area contributed by atoms with E-state index in [-0.39, 0.29) is 17.2 Å². The summed E-state index contributed by atoms with van der Waals surface area (Å²) in [4.78, 5) is 27.8. The van der Waals surface area contributed by atoms with Gasteiger partial charge in [-0.25, -0.2) is 13.6 Å². The maximum Gasteiger partial charge on any atom is 0.290 e. The lowest BCUT2D eigenvalue weighted by Gasteiger charge is -2.35. The summed E-state index contributed by atoms with van der Waals surface area (Å²) in [5, 5.41) is 8.09. The first-order valence-electron chi connectivity index (χ1n) is 10.2. The van der Waals surface area contributed by atoms with E-state index in [0.717, 1.165) is 11.1 Å². The van der Waals surface area contributed by atoms with Gasteiger partial charge >= 0.3 is 0 Å². The van der Waals surface area contributed by atoms with E-state index >= 15 is 0 Å². The van der Waals surface area contributed by atoms with Crippen molar-refractivity contribution in [1.82, 2.24) is 4.90 Å². The Morgan fingerprint density at radius 3 is 2.53 bits per heavy atom. The first-order valence-corrected chi connectivity index (χ1v) is 11.7. The highest BCUT2D eigenvalue weighted by Gasteiger charge is 2.36. The molecule has 1 aromatic heterocycles. The number of hydrogen-bond donors (Lipinski definition) is 2. The number of fused-ring (bicyclic) bond motifs is 1. The molecule has 0 saturated carbocycles. The minimum absolute atomic E-state index is 0.0321. The second-order valence-electron chi connectivity index (χ2n) is 7.61. The topological polar surface area (TPSA) is 123 Å². The Kier molecular flexibility index (Phi) is 5.86. The van der Waals surface area contributed by atoms with Crippen LogP contribution in [0.2, 0.25) is 0 Å². The smallest absolute Gasteiger partial charge is 0.290 e. The Balaban J connectivity index is 1.65. The Labute approximate surface area is 186 Å². The number of aryl methyl sites for hydroxylation is 1. The fraction of sp³-hybridized carbons (Fsp3) is 0.217. The van der Waals surface area contributed by atoms with E-state index in [1.807, 2.05) is 31.2 Å². The number of rotatable bonds is 5. The molecule has 166 valence electrons. The Morgan fingerprint density at radius 1 is 1.12 bits per heavy atom. The highest BCUT2D eigenvalue weighted by Crippen LogP contribution is 2.27. The third-order valence-electron chi connectivity index (χ3n) is 5.57. The quantitative estimate of drug-likeness (QED) is 0.615. The number of nitrogens with zero attached hydrogens (tertiary/aromatic N) is 1. The van der Waals surface area contributed by atoms with Crippen LogP contribution in [0.15, 0.2) is 70.2 Å². The van der Waals surface area contributed by atoms with E-state index in [4.69, 9.17) is 9.56 Å². The van der Waals surface area contributed by atoms with Gasteiger partial charge in [0.1, 0.15) is 6.04 Å².